The lowest BCUT2D eigenvalue weighted by Gasteiger charge is -2.25. The van der Waals surface area contributed by atoms with Gasteiger partial charge in [0, 0.05) is 32.4 Å². The first-order chi connectivity index (χ1) is 7.92. The van der Waals surface area contributed by atoms with E-state index in [9.17, 15) is 0 Å². The summed E-state index contributed by atoms with van der Waals surface area (Å²) in [7, 11) is 0. The van der Waals surface area contributed by atoms with Crippen molar-refractivity contribution in [1.82, 2.24) is 15.6 Å². The van der Waals surface area contributed by atoms with Crippen molar-refractivity contribution in [3.8, 4) is 0 Å². The number of hydrogen-bond acceptors (Lipinski definition) is 4. The Morgan fingerprint density at radius 1 is 1.56 bits per heavy atom. The zero-order chi connectivity index (χ0) is 11.2. The molecule has 1 aliphatic rings. The molecule has 0 radical (unpaired) electrons. The minimum Gasteiger partial charge on any atom is -0.380 e. The van der Waals surface area contributed by atoms with Gasteiger partial charge in [-0.1, -0.05) is 6.08 Å². The number of anilines is 1. The molecule has 0 spiro atoms. The highest BCUT2D eigenvalue weighted by Crippen LogP contribution is 2.20. The molecule has 1 unspecified atom stereocenters. The fraction of sp³-hybridized carbons (Fsp3) is 0.417. The Morgan fingerprint density at radius 2 is 2.50 bits per heavy atom. The first-order valence-corrected chi connectivity index (χ1v) is 5.65. The lowest BCUT2D eigenvalue weighted by molar-refractivity contribution is 0.424. The van der Waals surface area contributed by atoms with Crippen molar-refractivity contribution in [2.75, 3.05) is 31.5 Å². The summed E-state index contributed by atoms with van der Waals surface area (Å²) in [5.41, 5.74) is 2.17. The van der Waals surface area contributed by atoms with E-state index < -0.39 is 0 Å². The second-order valence-electron chi connectivity index (χ2n) is 3.82. The predicted molar refractivity (Wildman–Crippen MR) is 66.5 cm³/mol. The monoisotopic (exact) mass is 218 g/mol. The molecule has 0 saturated carbocycles. The van der Waals surface area contributed by atoms with Gasteiger partial charge in [-0.2, -0.15) is 0 Å². The van der Waals surface area contributed by atoms with Crippen LogP contribution >= 0.6 is 0 Å². The Balaban J connectivity index is 2.14. The number of pyridine rings is 1. The van der Waals surface area contributed by atoms with Crippen LogP contribution in [0, 0.1) is 0 Å². The van der Waals surface area contributed by atoms with E-state index in [0.717, 1.165) is 37.6 Å². The van der Waals surface area contributed by atoms with Gasteiger partial charge in [-0.25, -0.2) is 0 Å². The van der Waals surface area contributed by atoms with Crippen LogP contribution in [0.4, 0.5) is 5.69 Å². The summed E-state index contributed by atoms with van der Waals surface area (Å²) in [6.45, 7) is 7.41. The van der Waals surface area contributed by atoms with Crippen LogP contribution in [0.2, 0.25) is 0 Å². The van der Waals surface area contributed by atoms with Gasteiger partial charge in [-0.3, -0.25) is 4.98 Å². The van der Waals surface area contributed by atoms with Gasteiger partial charge in [0.05, 0.1) is 17.4 Å². The average Bonchev–Trinajstić information content (AvgIpc) is 2.38. The van der Waals surface area contributed by atoms with Crippen molar-refractivity contribution in [1.29, 1.82) is 0 Å². The maximum absolute atomic E-state index is 4.46. The molecule has 1 fully saturated rings. The highest BCUT2D eigenvalue weighted by Gasteiger charge is 2.18. The van der Waals surface area contributed by atoms with Gasteiger partial charge in [0.15, 0.2) is 0 Å². The highest BCUT2D eigenvalue weighted by atomic mass is 15.1. The van der Waals surface area contributed by atoms with Crippen LogP contribution in [0.25, 0.3) is 0 Å². The Bertz CT molecular complexity index is 345. The number of hydrogen-bond donors (Lipinski definition) is 3. The number of nitrogens with zero attached hydrogens (tertiary/aromatic N) is 1. The molecule has 4 heteroatoms. The smallest absolute Gasteiger partial charge is 0.0817 e. The fourth-order valence-electron chi connectivity index (χ4n) is 1.87. The third-order valence-corrected chi connectivity index (χ3v) is 2.65. The maximum Gasteiger partial charge on any atom is 0.0817 e. The molecule has 3 N–H and O–H groups in total. The van der Waals surface area contributed by atoms with E-state index in [0.29, 0.717) is 6.04 Å². The van der Waals surface area contributed by atoms with E-state index in [1.165, 1.54) is 0 Å². The molecule has 0 aliphatic carbocycles. The topological polar surface area (TPSA) is 49.0 Å². The Labute approximate surface area is 96.2 Å². The van der Waals surface area contributed by atoms with Crippen molar-refractivity contribution in [2.45, 2.75) is 6.04 Å². The maximum atomic E-state index is 4.46. The summed E-state index contributed by atoms with van der Waals surface area (Å²) in [4.78, 5) is 4.46. The first-order valence-electron chi connectivity index (χ1n) is 5.65. The fourth-order valence-corrected chi connectivity index (χ4v) is 1.87. The molecule has 0 aromatic carbocycles. The molecule has 1 aromatic rings. The second-order valence-corrected chi connectivity index (χ2v) is 3.82. The number of nitrogens with one attached hydrogen (secondary N) is 3. The molecule has 1 atom stereocenters. The van der Waals surface area contributed by atoms with Crippen LogP contribution in [-0.2, 0) is 0 Å². The van der Waals surface area contributed by atoms with Gasteiger partial charge < -0.3 is 16.0 Å². The van der Waals surface area contributed by atoms with E-state index in [2.05, 4.69) is 33.6 Å². The third kappa shape index (κ3) is 2.59. The van der Waals surface area contributed by atoms with Crippen LogP contribution in [0.15, 0.2) is 31.0 Å². The molecular weight excluding hydrogens is 200 g/mol. The Kier molecular flexibility index (Phi) is 3.91. The van der Waals surface area contributed by atoms with E-state index >= 15 is 0 Å². The van der Waals surface area contributed by atoms with Crippen molar-refractivity contribution in [3.63, 3.8) is 0 Å². The Morgan fingerprint density at radius 3 is 3.25 bits per heavy atom. The molecular formula is C12H18N4. The molecule has 4 nitrogen and oxygen atoms in total. The molecule has 0 bridgehead atoms. The zero-order valence-electron chi connectivity index (χ0n) is 9.37. The van der Waals surface area contributed by atoms with Crippen molar-refractivity contribution >= 4 is 5.69 Å². The second kappa shape index (κ2) is 5.63. The predicted octanol–water partition coefficient (Wildman–Crippen LogP) is 0.913. The van der Waals surface area contributed by atoms with Crippen molar-refractivity contribution in [3.05, 3.63) is 36.7 Å². The number of aromatic nitrogens is 1. The minimum atomic E-state index is 0.294. The largest absolute Gasteiger partial charge is 0.380 e. The zero-order valence-corrected chi connectivity index (χ0v) is 9.37. The molecule has 16 heavy (non-hydrogen) atoms. The van der Waals surface area contributed by atoms with Crippen molar-refractivity contribution in [2.24, 2.45) is 0 Å². The van der Waals surface area contributed by atoms with Crippen LogP contribution in [0.5, 0.6) is 0 Å². The highest BCUT2D eigenvalue weighted by molar-refractivity contribution is 5.49. The van der Waals surface area contributed by atoms with E-state index in [1.807, 2.05) is 18.3 Å². The summed E-state index contributed by atoms with van der Waals surface area (Å²) >= 11 is 0. The summed E-state index contributed by atoms with van der Waals surface area (Å²) in [5, 5.41) is 10.1. The van der Waals surface area contributed by atoms with Gasteiger partial charge in [0.1, 0.15) is 0 Å². The van der Waals surface area contributed by atoms with Crippen LogP contribution in [0.1, 0.15) is 11.7 Å². The van der Waals surface area contributed by atoms with Gasteiger partial charge in [0.2, 0.25) is 0 Å². The first kappa shape index (κ1) is 11.1. The van der Waals surface area contributed by atoms with Gasteiger partial charge in [-0.05, 0) is 12.1 Å². The van der Waals surface area contributed by atoms with Crippen molar-refractivity contribution < 1.29 is 0 Å². The summed E-state index contributed by atoms with van der Waals surface area (Å²) in [6.07, 6.45) is 3.69. The quantitative estimate of drug-likeness (QED) is 0.658. The van der Waals surface area contributed by atoms with E-state index in [1.54, 1.807) is 0 Å². The lowest BCUT2D eigenvalue weighted by Crippen LogP contribution is -2.43. The molecule has 1 saturated heterocycles. The van der Waals surface area contributed by atoms with Gasteiger partial charge in [0.25, 0.3) is 0 Å². The summed E-state index contributed by atoms with van der Waals surface area (Å²) in [5.74, 6) is 0. The summed E-state index contributed by atoms with van der Waals surface area (Å²) < 4.78 is 0. The minimum absolute atomic E-state index is 0.294. The number of rotatable bonds is 4. The average molecular weight is 218 g/mol. The molecule has 2 rings (SSSR count). The van der Waals surface area contributed by atoms with E-state index in [4.69, 9.17) is 0 Å². The van der Waals surface area contributed by atoms with Gasteiger partial charge in [-0.15, -0.1) is 6.58 Å². The lowest BCUT2D eigenvalue weighted by atomic mass is 10.1. The van der Waals surface area contributed by atoms with Crippen LogP contribution in [-0.4, -0.2) is 31.2 Å². The Hall–Kier alpha value is -1.39. The molecule has 2 heterocycles. The van der Waals surface area contributed by atoms with E-state index in [-0.39, 0.29) is 0 Å². The summed E-state index contributed by atoms with van der Waals surface area (Å²) in [6, 6.07) is 4.30. The van der Waals surface area contributed by atoms with Crippen LogP contribution < -0.4 is 16.0 Å². The third-order valence-electron chi connectivity index (χ3n) is 2.65. The SMILES string of the molecule is C=CCNc1cccnc1C1CNCCN1. The van der Waals surface area contributed by atoms with Crippen LogP contribution in [0.3, 0.4) is 0 Å². The molecule has 86 valence electrons. The number of piperazine rings is 1. The normalized spacial score (nSPS) is 20.4. The van der Waals surface area contributed by atoms with Gasteiger partial charge >= 0.3 is 0 Å². The molecule has 1 aromatic heterocycles. The molecule has 1 aliphatic heterocycles. The molecule has 0 amide bonds. The standard InChI is InChI=1S/C12H18N4/c1-2-5-14-10-4-3-6-16-12(10)11-9-13-7-8-15-11/h2-4,6,11,13-15H,1,5,7-9H2.